The van der Waals surface area contributed by atoms with Crippen molar-refractivity contribution in [1.82, 2.24) is 0 Å². The number of carbonyl (C=O) groups is 1. The minimum absolute atomic E-state index is 0.250. The molecule has 19 heavy (non-hydrogen) atoms. The van der Waals surface area contributed by atoms with Crippen molar-refractivity contribution in [3.63, 3.8) is 0 Å². The molecule has 0 amide bonds. The van der Waals surface area contributed by atoms with E-state index in [2.05, 4.69) is 16.6 Å². The number of thioether (sulfide) groups is 1. The number of benzene rings is 1. The lowest BCUT2D eigenvalue weighted by Crippen LogP contribution is -2.01. The van der Waals surface area contributed by atoms with Gasteiger partial charge in [0.2, 0.25) is 0 Å². The largest absolute Gasteiger partial charge is 0.469 e. The predicted octanol–water partition coefficient (Wildman–Crippen LogP) is 1.93. The molecule has 0 saturated carbocycles. The molecule has 0 aliphatic rings. The number of hydrogen-bond acceptors (Lipinski definition) is 4. The van der Waals surface area contributed by atoms with Crippen LogP contribution < -0.4 is 5.73 Å². The fraction of sp³-hybridized carbons (Fsp3) is 0.357. The fourth-order valence-electron chi connectivity index (χ4n) is 1.33. The summed E-state index contributed by atoms with van der Waals surface area (Å²) in [6.07, 6.45) is 0.336. The summed E-state index contributed by atoms with van der Waals surface area (Å²) in [7, 11) is 1.35. The van der Waals surface area contributed by atoms with E-state index in [-0.39, 0.29) is 18.3 Å². The Morgan fingerprint density at radius 3 is 2.95 bits per heavy atom. The quantitative estimate of drug-likeness (QED) is 0.509. The summed E-state index contributed by atoms with van der Waals surface area (Å²) in [4.78, 5) is 10.9. The summed E-state index contributed by atoms with van der Waals surface area (Å²) < 4.78 is 18.3. The standard InChI is InChI=1S/C14H16FNO2S/c1-18-14(17)6-8-19-10-12-5-4-11(3-2-7-16)9-13(12)15/h4-5,9H,6-8,10,16H2,1H3. The zero-order chi connectivity index (χ0) is 14.1. The molecule has 1 aromatic rings. The van der Waals surface area contributed by atoms with Gasteiger partial charge in [-0.1, -0.05) is 17.9 Å². The number of ether oxygens (including phenoxy) is 1. The maximum atomic E-state index is 13.7. The Morgan fingerprint density at radius 2 is 2.32 bits per heavy atom. The number of rotatable bonds is 5. The van der Waals surface area contributed by atoms with E-state index in [1.54, 1.807) is 12.1 Å². The SMILES string of the molecule is COC(=O)CCSCc1ccc(C#CCN)cc1F. The molecule has 0 bridgehead atoms. The Morgan fingerprint density at radius 1 is 1.53 bits per heavy atom. The van der Waals surface area contributed by atoms with Crippen LogP contribution in [0.3, 0.4) is 0 Å². The molecule has 0 atom stereocenters. The Labute approximate surface area is 116 Å². The fourth-order valence-corrected chi connectivity index (χ4v) is 2.24. The first kappa shape index (κ1) is 15.5. The Hall–Kier alpha value is -1.51. The van der Waals surface area contributed by atoms with Gasteiger partial charge in [0, 0.05) is 17.1 Å². The molecule has 0 radical (unpaired) electrons. The van der Waals surface area contributed by atoms with Gasteiger partial charge in [-0.3, -0.25) is 4.79 Å². The Kier molecular flexibility index (Phi) is 7.01. The molecule has 0 fully saturated rings. The minimum Gasteiger partial charge on any atom is -0.469 e. The van der Waals surface area contributed by atoms with Crippen LogP contribution in [-0.4, -0.2) is 25.4 Å². The maximum Gasteiger partial charge on any atom is 0.306 e. The second-order valence-corrected chi connectivity index (χ2v) is 4.80. The summed E-state index contributed by atoms with van der Waals surface area (Å²) in [6.45, 7) is 0.257. The predicted molar refractivity (Wildman–Crippen MR) is 75.1 cm³/mol. The van der Waals surface area contributed by atoms with Crippen molar-refractivity contribution < 1.29 is 13.9 Å². The normalized spacial score (nSPS) is 9.63. The number of halogens is 1. The van der Waals surface area contributed by atoms with Gasteiger partial charge in [-0.2, -0.15) is 11.8 Å². The van der Waals surface area contributed by atoms with Gasteiger partial charge in [0.15, 0.2) is 0 Å². The van der Waals surface area contributed by atoms with Gasteiger partial charge < -0.3 is 10.5 Å². The third kappa shape index (κ3) is 5.77. The first-order valence-corrected chi connectivity index (χ1v) is 6.94. The second kappa shape index (κ2) is 8.57. The smallest absolute Gasteiger partial charge is 0.306 e. The number of esters is 1. The van der Waals surface area contributed by atoms with Crippen molar-refractivity contribution in [1.29, 1.82) is 0 Å². The summed E-state index contributed by atoms with van der Waals surface area (Å²) in [5.41, 5.74) is 6.47. The van der Waals surface area contributed by atoms with E-state index < -0.39 is 0 Å². The lowest BCUT2D eigenvalue weighted by Gasteiger charge is -2.03. The molecule has 0 unspecified atom stereocenters. The minimum atomic E-state index is -0.283. The number of nitrogens with two attached hydrogens (primary N) is 1. The van der Waals surface area contributed by atoms with Gasteiger partial charge >= 0.3 is 5.97 Å². The molecule has 1 aromatic carbocycles. The number of hydrogen-bond donors (Lipinski definition) is 1. The van der Waals surface area contributed by atoms with Gasteiger partial charge in [0.25, 0.3) is 0 Å². The zero-order valence-corrected chi connectivity index (χ0v) is 11.6. The average molecular weight is 281 g/mol. The second-order valence-electron chi connectivity index (χ2n) is 3.69. The summed E-state index contributed by atoms with van der Waals surface area (Å²) in [5, 5.41) is 0. The van der Waals surface area contributed by atoms with Crippen LogP contribution in [-0.2, 0) is 15.3 Å². The highest BCUT2D eigenvalue weighted by Gasteiger charge is 2.04. The molecule has 102 valence electrons. The van der Waals surface area contributed by atoms with Crippen molar-refractivity contribution >= 4 is 17.7 Å². The van der Waals surface area contributed by atoms with E-state index in [1.807, 2.05) is 0 Å². The van der Waals surface area contributed by atoms with Crippen molar-refractivity contribution in [2.75, 3.05) is 19.4 Å². The van der Waals surface area contributed by atoms with E-state index in [1.165, 1.54) is 24.9 Å². The molecule has 0 aliphatic carbocycles. The van der Waals surface area contributed by atoms with E-state index in [0.717, 1.165) is 0 Å². The van der Waals surface area contributed by atoms with Gasteiger partial charge in [0.1, 0.15) is 5.82 Å². The maximum absolute atomic E-state index is 13.7. The molecule has 0 heterocycles. The molecular weight excluding hydrogens is 265 g/mol. The summed E-state index contributed by atoms with van der Waals surface area (Å²) >= 11 is 1.49. The number of methoxy groups -OCH3 is 1. The van der Waals surface area contributed by atoms with E-state index in [4.69, 9.17) is 5.73 Å². The number of carbonyl (C=O) groups excluding carboxylic acids is 1. The van der Waals surface area contributed by atoms with Gasteiger partial charge in [-0.05, 0) is 17.7 Å². The lowest BCUT2D eigenvalue weighted by atomic mass is 10.1. The highest BCUT2D eigenvalue weighted by molar-refractivity contribution is 7.98. The van der Waals surface area contributed by atoms with Gasteiger partial charge in [0.05, 0.1) is 20.1 Å². The zero-order valence-electron chi connectivity index (χ0n) is 10.7. The molecule has 0 spiro atoms. The van der Waals surface area contributed by atoms with Crippen LogP contribution in [0.2, 0.25) is 0 Å². The molecule has 5 heteroatoms. The molecule has 1 rings (SSSR count). The van der Waals surface area contributed by atoms with Gasteiger partial charge in [-0.25, -0.2) is 4.39 Å². The van der Waals surface area contributed by atoms with Crippen molar-refractivity contribution in [2.24, 2.45) is 5.73 Å². The molecular formula is C14H16FNO2S. The van der Waals surface area contributed by atoms with E-state index in [9.17, 15) is 9.18 Å². The topological polar surface area (TPSA) is 52.3 Å². The van der Waals surface area contributed by atoms with Crippen LogP contribution in [0, 0.1) is 17.7 Å². The lowest BCUT2D eigenvalue weighted by molar-refractivity contribution is -0.140. The van der Waals surface area contributed by atoms with Crippen LogP contribution in [0.5, 0.6) is 0 Å². The summed E-state index contributed by atoms with van der Waals surface area (Å²) in [5.74, 6) is 6.06. The van der Waals surface area contributed by atoms with Crippen molar-refractivity contribution in [3.8, 4) is 11.8 Å². The van der Waals surface area contributed by atoms with Crippen LogP contribution in [0.15, 0.2) is 18.2 Å². The highest BCUT2D eigenvalue weighted by Crippen LogP contribution is 2.17. The molecule has 0 aromatic heterocycles. The first-order chi connectivity index (χ1) is 9.17. The Bertz CT molecular complexity index is 494. The van der Waals surface area contributed by atoms with Crippen LogP contribution >= 0.6 is 11.8 Å². The van der Waals surface area contributed by atoms with Gasteiger partial charge in [-0.15, -0.1) is 0 Å². The highest BCUT2D eigenvalue weighted by atomic mass is 32.2. The third-order valence-corrected chi connectivity index (χ3v) is 3.33. The Balaban J connectivity index is 2.49. The van der Waals surface area contributed by atoms with Crippen LogP contribution in [0.25, 0.3) is 0 Å². The van der Waals surface area contributed by atoms with Crippen molar-refractivity contribution in [3.05, 3.63) is 35.1 Å². The van der Waals surface area contributed by atoms with Crippen molar-refractivity contribution in [2.45, 2.75) is 12.2 Å². The molecule has 3 nitrogen and oxygen atoms in total. The summed E-state index contributed by atoms with van der Waals surface area (Å²) in [6, 6.07) is 4.88. The molecule has 2 N–H and O–H groups in total. The van der Waals surface area contributed by atoms with Crippen LogP contribution in [0.4, 0.5) is 4.39 Å². The first-order valence-electron chi connectivity index (χ1n) is 5.79. The van der Waals surface area contributed by atoms with E-state index in [0.29, 0.717) is 29.1 Å². The van der Waals surface area contributed by atoms with Crippen LogP contribution in [0.1, 0.15) is 17.5 Å². The molecule has 0 saturated heterocycles. The average Bonchev–Trinajstić information content (AvgIpc) is 2.42. The van der Waals surface area contributed by atoms with E-state index >= 15 is 0 Å². The molecule has 0 aliphatic heterocycles. The third-order valence-electron chi connectivity index (χ3n) is 2.32. The monoisotopic (exact) mass is 281 g/mol.